The number of nitrogens with one attached hydrogen (secondary N) is 1. The van der Waals surface area contributed by atoms with Gasteiger partial charge < -0.3 is 15.2 Å². The van der Waals surface area contributed by atoms with Crippen LogP contribution in [0.1, 0.15) is 38.3 Å². The largest absolute Gasteiger partial charge is 0.497 e. The Morgan fingerprint density at radius 3 is 2.67 bits per heavy atom. The Labute approximate surface area is 108 Å². The zero-order valence-electron chi connectivity index (χ0n) is 11.2. The van der Waals surface area contributed by atoms with E-state index in [1.807, 2.05) is 13.8 Å². The van der Waals surface area contributed by atoms with Crippen LogP contribution in [0.5, 0.6) is 5.75 Å². The molecule has 0 aliphatic heterocycles. The van der Waals surface area contributed by atoms with Crippen LogP contribution in [0.25, 0.3) is 0 Å². The SMILES string of the molecule is CCC(CCO)NC(C)c1ccc(OC)cc1F. The van der Waals surface area contributed by atoms with Crippen LogP contribution in [0.2, 0.25) is 0 Å². The van der Waals surface area contributed by atoms with E-state index in [0.717, 1.165) is 6.42 Å². The molecule has 0 heterocycles. The molecule has 0 saturated heterocycles. The van der Waals surface area contributed by atoms with Crippen LogP contribution in [-0.4, -0.2) is 24.9 Å². The Kier molecular flexibility index (Phi) is 6.09. The molecule has 0 bridgehead atoms. The first-order chi connectivity index (χ1) is 8.62. The molecule has 0 radical (unpaired) electrons. The monoisotopic (exact) mass is 255 g/mol. The van der Waals surface area contributed by atoms with Crippen molar-refractivity contribution in [3.05, 3.63) is 29.6 Å². The van der Waals surface area contributed by atoms with E-state index >= 15 is 0 Å². The first-order valence-corrected chi connectivity index (χ1v) is 6.32. The summed E-state index contributed by atoms with van der Waals surface area (Å²) >= 11 is 0. The first-order valence-electron chi connectivity index (χ1n) is 6.32. The molecule has 2 atom stereocenters. The maximum absolute atomic E-state index is 13.9. The fourth-order valence-corrected chi connectivity index (χ4v) is 1.99. The van der Waals surface area contributed by atoms with Gasteiger partial charge in [0.2, 0.25) is 0 Å². The van der Waals surface area contributed by atoms with Crippen molar-refractivity contribution in [3.63, 3.8) is 0 Å². The van der Waals surface area contributed by atoms with Gasteiger partial charge in [0.25, 0.3) is 0 Å². The summed E-state index contributed by atoms with van der Waals surface area (Å²) in [7, 11) is 1.52. The van der Waals surface area contributed by atoms with E-state index < -0.39 is 0 Å². The Bertz CT molecular complexity index is 371. The van der Waals surface area contributed by atoms with Gasteiger partial charge >= 0.3 is 0 Å². The van der Waals surface area contributed by atoms with E-state index in [2.05, 4.69) is 5.32 Å². The van der Waals surface area contributed by atoms with Crippen molar-refractivity contribution in [1.29, 1.82) is 0 Å². The number of methoxy groups -OCH3 is 1. The van der Waals surface area contributed by atoms with Crippen molar-refractivity contribution in [2.75, 3.05) is 13.7 Å². The minimum atomic E-state index is -0.270. The van der Waals surface area contributed by atoms with Crippen LogP contribution in [-0.2, 0) is 0 Å². The predicted molar refractivity (Wildman–Crippen MR) is 70.3 cm³/mol. The summed E-state index contributed by atoms with van der Waals surface area (Å²) in [6.07, 6.45) is 1.58. The molecule has 0 fully saturated rings. The highest BCUT2D eigenvalue weighted by molar-refractivity contribution is 5.30. The van der Waals surface area contributed by atoms with Gasteiger partial charge in [-0.15, -0.1) is 0 Å². The molecule has 1 aromatic rings. The molecular weight excluding hydrogens is 233 g/mol. The quantitative estimate of drug-likeness (QED) is 0.787. The Hall–Kier alpha value is -1.13. The zero-order chi connectivity index (χ0) is 13.5. The second-order valence-corrected chi connectivity index (χ2v) is 4.39. The molecule has 1 aromatic carbocycles. The topological polar surface area (TPSA) is 41.5 Å². The van der Waals surface area contributed by atoms with E-state index in [1.54, 1.807) is 12.1 Å². The standard InChI is InChI=1S/C14H22FNO2/c1-4-11(7-8-17)16-10(2)13-6-5-12(18-3)9-14(13)15/h5-6,9-11,16-17H,4,7-8H2,1-3H3. The third-order valence-electron chi connectivity index (χ3n) is 3.13. The zero-order valence-corrected chi connectivity index (χ0v) is 11.2. The highest BCUT2D eigenvalue weighted by Crippen LogP contribution is 2.22. The second-order valence-electron chi connectivity index (χ2n) is 4.39. The van der Waals surface area contributed by atoms with Gasteiger partial charge in [-0.2, -0.15) is 0 Å². The molecule has 0 saturated carbocycles. The van der Waals surface area contributed by atoms with Gasteiger partial charge in [-0.1, -0.05) is 13.0 Å². The normalized spacial score (nSPS) is 14.3. The fourth-order valence-electron chi connectivity index (χ4n) is 1.99. The minimum Gasteiger partial charge on any atom is -0.497 e. The summed E-state index contributed by atoms with van der Waals surface area (Å²) in [5, 5.41) is 12.3. The highest BCUT2D eigenvalue weighted by atomic mass is 19.1. The third kappa shape index (κ3) is 3.96. The molecule has 0 aliphatic carbocycles. The van der Waals surface area contributed by atoms with Crippen molar-refractivity contribution >= 4 is 0 Å². The molecule has 0 aromatic heterocycles. The molecule has 3 nitrogen and oxygen atoms in total. The maximum Gasteiger partial charge on any atom is 0.131 e. The van der Waals surface area contributed by atoms with Gasteiger partial charge in [0, 0.05) is 30.3 Å². The number of hydrogen-bond acceptors (Lipinski definition) is 3. The van der Waals surface area contributed by atoms with Crippen LogP contribution in [0.3, 0.4) is 0 Å². The molecule has 0 amide bonds. The Morgan fingerprint density at radius 2 is 2.17 bits per heavy atom. The van der Waals surface area contributed by atoms with E-state index in [4.69, 9.17) is 9.84 Å². The molecule has 2 N–H and O–H groups in total. The van der Waals surface area contributed by atoms with E-state index in [0.29, 0.717) is 17.7 Å². The van der Waals surface area contributed by atoms with Gasteiger partial charge in [-0.05, 0) is 25.8 Å². The summed E-state index contributed by atoms with van der Waals surface area (Å²) in [6, 6.07) is 4.99. The van der Waals surface area contributed by atoms with Gasteiger partial charge in [0.05, 0.1) is 7.11 Å². The summed E-state index contributed by atoms with van der Waals surface area (Å²) in [5.74, 6) is 0.249. The summed E-state index contributed by atoms with van der Waals surface area (Å²) in [4.78, 5) is 0. The van der Waals surface area contributed by atoms with Crippen LogP contribution < -0.4 is 10.1 Å². The summed E-state index contributed by atoms with van der Waals surface area (Å²) in [5.41, 5.74) is 0.618. The van der Waals surface area contributed by atoms with Gasteiger partial charge in [0.1, 0.15) is 11.6 Å². The molecule has 102 valence electrons. The Morgan fingerprint density at radius 1 is 1.44 bits per heavy atom. The molecule has 1 rings (SSSR count). The number of aliphatic hydroxyl groups excluding tert-OH is 1. The Balaban J connectivity index is 2.74. The van der Waals surface area contributed by atoms with Crippen molar-refractivity contribution < 1.29 is 14.2 Å². The second kappa shape index (κ2) is 7.34. The number of halogens is 1. The average molecular weight is 255 g/mol. The smallest absolute Gasteiger partial charge is 0.131 e. The number of aliphatic hydroxyl groups is 1. The third-order valence-corrected chi connectivity index (χ3v) is 3.13. The van der Waals surface area contributed by atoms with E-state index in [1.165, 1.54) is 13.2 Å². The predicted octanol–water partition coefficient (Wildman–Crippen LogP) is 2.65. The van der Waals surface area contributed by atoms with Crippen LogP contribution in [0.4, 0.5) is 4.39 Å². The lowest BCUT2D eigenvalue weighted by Crippen LogP contribution is -2.32. The van der Waals surface area contributed by atoms with E-state index in [9.17, 15) is 4.39 Å². The van der Waals surface area contributed by atoms with E-state index in [-0.39, 0.29) is 24.5 Å². The highest BCUT2D eigenvalue weighted by Gasteiger charge is 2.15. The number of hydrogen-bond donors (Lipinski definition) is 2. The van der Waals surface area contributed by atoms with Crippen molar-refractivity contribution in [1.82, 2.24) is 5.32 Å². The molecule has 4 heteroatoms. The summed E-state index contributed by atoms with van der Waals surface area (Å²) < 4.78 is 18.8. The van der Waals surface area contributed by atoms with Crippen LogP contribution in [0.15, 0.2) is 18.2 Å². The lowest BCUT2D eigenvalue weighted by molar-refractivity contribution is 0.256. The van der Waals surface area contributed by atoms with Crippen molar-refractivity contribution in [2.24, 2.45) is 0 Å². The number of ether oxygens (including phenoxy) is 1. The van der Waals surface area contributed by atoms with Crippen molar-refractivity contribution in [2.45, 2.75) is 38.8 Å². The van der Waals surface area contributed by atoms with Crippen LogP contribution >= 0.6 is 0 Å². The van der Waals surface area contributed by atoms with Crippen molar-refractivity contribution in [3.8, 4) is 5.75 Å². The molecular formula is C14H22FNO2. The van der Waals surface area contributed by atoms with Gasteiger partial charge in [-0.3, -0.25) is 0 Å². The van der Waals surface area contributed by atoms with Crippen LogP contribution in [0, 0.1) is 5.82 Å². The maximum atomic E-state index is 13.9. The lowest BCUT2D eigenvalue weighted by Gasteiger charge is -2.22. The molecule has 2 unspecified atom stereocenters. The lowest BCUT2D eigenvalue weighted by atomic mass is 10.0. The molecule has 0 spiro atoms. The minimum absolute atomic E-state index is 0.0904. The first kappa shape index (κ1) is 14.9. The summed E-state index contributed by atoms with van der Waals surface area (Å²) in [6.45, 7) is 4.11. The number of rotatable bonds is 7. The molecule has 18 heavy (non-hydrogen) atoms. The number of benzene rings is 1. The van der Waals surface area contributed by atoms with Gasteiger partial charge in [-0.25, -0.2) is 4.39 Å². The fraction of sp³-hybridized carbons (Fsp3) is 0.571. The average Bonchev–Trinajstić information content (AvgIpc) is 2.37. The van der Waals surface area contributed by atoms with Gasteiger partial charge in [0.15, 0.2) is 0 Å². The molecule has 0 aliphatic rings.